The van der Waals surface area contributed by atoms with E-state index in [1.165, 1.54) is 0 Å². The summed E-state index contributed by atoms with van der Waals surface area (Å²) in [4.78, 5) is 27.1. The number of hydrogen-bond donors (Lipinski definition) is 1. The molecule has 2 heterocycles. The molecule has 0 aromatic heterocycles. The van der Waals surface area contributed by atoms with E-state index < -0.39 is 0 Å². The van der Waals surface area contributed by atoms with E-state index in [1.54, 1.807) is 17.0 Å². The number of hydrogen-bond acceptors (Lipinski definition) is 4. The van der Waals surface area contributed by atoms with Crippen molar-refractivity contribution in [2.45, 2.75) is 24.8 Å². The number of fused-ring (bicyclic) bond motifs is 1. The lowest BCUT2D eigenvalue weighted by molar-refractivity contribution is -0.127. The van der Waals surface area contributed by atoms with Gasteiger partial charge in [-0.05, 0) is 42.7 Å². The fraction of sp³-hybridized carbons (Fsp3) is 0.333. The van der Waals surface area contributed by atoms with Gasteiger partial charge in [-0.3, -0.25) is 9.59 Å². The first-order valence-electron chi connectivity index (χ1n) is 9.32. The Balaban J connectivity index is 1.29. The van der Waals surface area contributed by atoms with Gasteiger partial charge >= 0.3 is 0 Å². The maximum absolute atomic E-state index is 12.9. The number of nitrogens with one attached hydrogen (secondary N) is 1. The molecule has 2 aromatic rings. The van der Waals surface area contributed by atoms with Crippen LogP contribution in [0.3, 0.4) is 0 Å². The summed E-state index contributed by atoms with van der Waals surface area (Å²) in [6.07, 6.45) is 2.07. The summed E-state index contributed by atoms with van der Waals surface area (Å²) in [7, 11) is 0. The van der Waals surface area contributed by atoms with Crippen molar-refractivity contribution in [3.05, 3.63) is 52.5 Å². The van der Waals surface area contributed by atoms with Crippen molar-refractivity contribution in [2.75, 3.05) is 18.2 Å². The summed E-state index contributed by atoms with van der Waals surface area (Å²) < 4.78 is 11.7. The number of benzene rings is 2. The van der Waals surface area contributed by atoms with Crippen LogP contribution in [-0.4, -0.2) is 25.2 Å². The highest BCUT2D eigenvalue weighted by atomic mass is 79.9. The van der Waals surface area contributed by atoms with Crippen molar-refractivity contribution in [1.29, 1.82) is 0 Å². The van der Waals surface area contributed by atoms with Gasteiger partial charge in [0.25, 0.3) is 0 Å². The monoisotopic (exact) mass is 442 g/mol. The normalized spacial score (nSPS) is 21.7. The smallest absolute Gasteiger partial charge is 0.231 e. The molecule has 2 aromatic carbocycles. The summed E-state index contributed by atoms with van der Waals surface area (Å²) in [5.74, 6) is 0.843. The molecule has 0 bridgehead atoms. The van der Waals surface area contributed by atoms with Gasteiger partial charge in [0.1, 0.15) is 0 Å². The van der Waals surface area contributed by atoms with Gasteiger partial charge in [0, 0.05) is 29.2 Å². The summed E-state index contributed by atoms with van der Waals surface area (Å²) in [5, 5.41) is 3.20. The first-order valence-corrected chi connectivity index (χ1v) is 10.1. The second-order valence-corrected chi connectivity index (χ2v) is 8.44. The zero-order chi connectivity index (χ0) is 19.3. The minimum absolute atomic E-state index is 0.0486. The van der Waals surface area contributed by atoms with E-state index in [0.29, 0.717) is 18.0 Å². The SMILES string of the molecule is O=C(NC1(c2ccc(Br)cc2)CC1)C1CC(=O)N(c2ccc3c(c2)OCO3)C1. The Morgan fingerprint density at radius 3 is 2.61 bits per heavy atom. The maximum Gasteiger partial charge on any atom is 0.231 e. The summed E-state index contributed by atoms with van der Waals surface area (Å²) >= 11 is 3.44. The molecule has 1 saturated heterocycles. The van der Waals surface area contributed by atoms with Crippen LogP contribution in [0.1, 0.15) is 24.8 Å². The number of rotatable bonds is 4. The average molecular weight is 443 g/mol. The predicted octanol–water partition coefficient (Wildman–Crippen LogP) is 3.34. The molecular formula is C21H19BrN2O4. The van der Waals surface area contributed by atoms with E-state index in [9.17, 15) is 9.59 Å². The lowest BCUT2D eigenvalue weighted by Crippen LogP contribution is -2.40. The fourth-order valence-electron chi connectivity index (χ4n) is 3.90. The predicted molar refractivity (Wildman–Crippen MR) is 106 cm³/mol. The minimum atomic E-state index is -0.356. The van der Waals surface area contributed by atoms with Gasteiger partial charge in [0.05, 0.1) is 11.5 Å². The van der Waals surface area contributed by atoms with Crippen molar-refractivity contribution in [3.8, 4) is 11.5 Å². The van der Waals surface area contributed by atoms with Gasteiger partial charge in [-0.15, -0.1) is 0 Å². The highest BCUT2D eigenvalue weighted by Gasteiger charge is 2.47. The molecule has 1 N–H and O–H groups in total. The van der Waals surface area contributed by atoms with Gasteiger partial charge in [-0.25, -0.2) is 0 Å². The quantitative estimate of drug-likeness (QED) is 0.788. The van der Waals surface area contributed by atoms with Crippen LogP contribution in [0, 0.1) is 5.92 Å². The molecule has 1 unspecified atom stereocenters. The molecule has 1 saturated carbocycles. The van der Waals surface area contributed by atoms with E-state index in [-0.39, 0.29) is 36.5 Å². The molecule has 0 spiro atoms. The minimum Gasteiger partial charge on any atom is -0.454 e. The number of amides is 2. The molecule has 144 valence electrons. The lowest BCUT2D eigenvalue weighted by Gasteiger charge is -2.21. The Bertz CT molecular complexity index is 955. The maximum atomic E-state index is 12.9. The second kappa shape index (κ2) is 6.51. The summed E-state index contributed by atoms with van der Waals surface area (Å²) in [5.41, 5.74) is 1.56. The van der Waals surface area contributed by atoms with Gasteiger partial charge in [0.15, 0.2) is 11.5 Å². The molecule has 0 radical (unpaired) electrons. The molecule has 28 heavy (non-hydrogen) atoms. The lowest BCUT2D eigenvalue weighted by atomic mass is 10.0. The molecule has 1 aliphatic carbocycles. The van der Waals surface area contributed by atoms with Gasteiger partial charge < -0.3 is 19.7 Å². The van der Waals surface area contributed by atoms with E-state index in [4.69, 9.17) is 9.47 Å². The highest BCUT2D eigenvalue weighted by Crippen LogP contribution is 2.46. The summed E-state index contributed by atoms with van der Waals surface area (Å²) in [6.45, 7) is 0.566. The van der Waals surface area contributed by atoms with Crippen LogP contribution in [0.4, 0.5) is 5.69 Å². The van der Waals surface area contributed by atoms with Gasteiger partial charge in [0.2, 0.25) is 18.6 Å². The molecule has 7 heteroatoms. The molecule has 2 aliphatic heterocycles. The van der Waals surface area contributed by atoms with E-state index >= 15 is 0 Å². The number of halogens is 1. The second-order valence-electron chi connectivity index (χ2n) is 7.52. The molecular weight excluding hydrogens is 424 g/mol. The third-order valence-corrected chi connectivity index (χ3v) is 6.20. The average Bonchev–Trinajstić information content (AvgIpc) is 3.13. The number of ether oxygens (including phenoxy) is 2. The van der Waals surface area contributed by atoms with E-state index in [0.717, 1.165) is 28.6 Å². The fourth-order valence-corrected chi connectivity index (χ4v) is 4.17. The summed E-state index contributed by atoms with van der Waals surface area (Å²) in [6, 6.07) is 13.5. The molecule has 1 atom stereocenters. The first kappa shape index (κ1) is 17.6. The van der Waals surface area contributed by atoms with Gasteiger partial charge in [-0.1, -0.05) is 28.1 Å². The van der Waals surface area contributed by atoms with Crippen LogP contribution in [-0.2, 0) is 15.1 Å². The molecule has 2 fully saturated rings. The zero-order valence-corrected chi connectivity index (χ0v) is 16.7. The Kier molecular flexibility index (Phi) is 4.08. The van der Waals surface area contributed by atoms with Crippen LogP contribution in [0.5, 0.6) is 11.5 Å². The number of nitrogens with zero attached hydrogens (tertiary/aromatic N) is 1. The zero-order valence-electron chi connectivity index (χ0n) is 15.1. The number of anilines is 1. The molecule has 3 aliphatic rings. The van der Waals surface area contributed by atoms with Crippen LogP contribution >= 0.6 is 15.9 Å². The van der Waals surface area contributed by atoms with Crippen LogP contribution < -0.4 is 19.7 Å². The molecule has 5 rings (SSSR count). The number of carbonyl (C=O) groups excluding carboxylic acids is 2. The van der Waals surface area contributed by atoms with Crippen molar-refractivity contribution in [3.63, 3.8) is 0 Å². The van der Waals surface area contributed by atoms with Crippen molar-refractivity contribution >= 4 is 33.4 Å². The molecule has 2 amide bonds. The molecule has 6 nitrogen and oxygen atoms in total. The van der Waals surface area contributed by atoms with E-state index in [1.807, 2.05) is 30.3 Å². The van der Waals surface area contributed by atoms with Crippen LogP contribution in [0.2, 0.25) is 0 Å². The van der Waals surface area contributed by atoms with Gasteiger partial charge in [-0.2, -0.15) is 0 Å². The Morgan fingerprint density at radius 2 is 1.86 bits per heavy atom. The Labute approximate surface area is 170 Å². The van der Waals surface area contributed by atoms with Crippen molar-refractivity contribution < 1.29 is 19.1 Å². The number of carbonyl (C=O) groups is 2. The third kappa shape index (κ3) is 3.03. The van der Waals surface area contributed by atoms with E-state index in [2.05, 4.69) is 21.2 Å². The van der Waals surface area contributed by atoms with Crippen molar-refractivity contribution in [1.82, 2.24) is 5.32 Å². The van der Waals surface area contributed by atoms with Crippen molar-refractivity contribution in [2.24, 2.45) is 5.92 Å². The Hall–Kier alpha value is -2.54. The standard InChI is InChI=1S/C21H19BrN2O4/c22-15-3-1-14(2-4-15)21(7-8-21)23-20(26)13-9-19(25)24(11-13)16-5-6-17-18(10-16)28-12-27-17/h1-6,10,13H,7-9,11-12H2,(H,23,26). The third-order valence-electron chi connectivity index (χ3n) is 5.67. The Morgan fingerprint density at radius 1 is 1.11 bits per heavy atom. The largest absolute Gasteiger partial charge is 0.454 e. The first-order chi connectivity index (χ1) is 13.5. The van der Waals surface area contributed by atoms with Crippen LogP contribution in [0.25, 0.3) is 0 Å². The highest BCUT2D eigenvalue weighted by molar-refractivity contribution is 9.10. The topological polar surface area (TPSA) is 67.9 Å². The van der Waals surface area contributed by atoms with Crippen LogP contribution in [0.15, 0.2) is 46.9 Å².